The van der Waals surface area contributed by atoms with Gasteiger partial charge in [0.15, 0.2) is 0 Å². The number of rotatable bonds is 2. The van der Waals surface area contributed by atoms with Crippen molar-refractivity contribution in [2.75, 3.05) is 27.2 Å². The van der Waals surface area contributed by atoms with E-state index in [0.29, 0.717) is 0 Å². The van der Waals surface area contributed by atoms with E-state index in [1.807, 2.05) is 0 Å². The highest BCUT2D eigenvalue weighted by Gasteiger charge is 2.33. The number of likely N-dealkylation sites (N-methyl/N-ethyl adjacent to an activating group) is 2. The monoisotopic (exact) mass is 288 g/mol. The highest BCUT2D eigenvalue weighted by atomic mass is 16.4. The molecule has 2 atom stereocenters. The second kappa shape index (κ2) is 6.08. The minimum Gasteiger partial charge on any atom is -0.480 e. The molecule has 2 fully saturated rings. The zero-order valence-electron chi connectivity index (χ0n) is 11.0. The second-order valence-electron chi connectivity index (χ2n) is 4.30. The number of carboxylic acid groups (broad SMARTS) is 2. The average molecular weight is 288 g/mol. The van der Waals surface area contributed by atoms with Crippen molar-refractivity contribution in [2.45, 2.75) is 12.1 Å². The van der Waals surface area contributed by atoms with Crippen molar-refractivity contribution in [2.24, 2.45) is 0 Å². The molecular formula is C10H16N4O6. The lowest BCUT2D eigenvalue weighted by atomic mass is 10.3. The van der Waals surface area contributed by atoms with E-state index in [9.17, 15) is 19.2 Å². The van der Waals surface area contributed by atoms with E-state index in [1.165, 1.54) is 23.9 Å². The van der Waals surface area contributed by atoms with Crippen molar-refractivity contribution >= 4 is 24.0 Å². The Morgan fingerprint density at radius 2 is 1.25 bits per heavy atom. The Labute approximate surface area is 114 Å². The minimum absolute atomic E-state index is 0.199. The van der Waals surface area contributed by atoms with Gasteiger partial charge in [-0.2, -0.15) is 0 Å². The van der Waals surface area contributed by atoms with Crippen LogP contribution in [0.1, 0.15) is 0 Å². The number of amides is 4. The van der Waals surface area contributed by atoms with Gasteiger partial charge < -0.3 is 30.6 Å². The van der Waals surface area contributed by atoms with Crippen molar-refractivity contribution in [3.8, 4) is 0 Å². The molecule has 0 aliphatic carbocycles. The number of nitrogens with zero attached hydrogens (tertiary/aromatic N) is 2. The molecule has 2 heterocycles. The van der Waals surface area contributed by atoms with Crippen LogP contribution in [0.2, 0.25) is 0 Å². The Morgan fingerprint density at radius 1 is 0.950 bits per heavy atom. The Bertz CT molecular complexity index is 399. The van der Waals surface area contributed by atoms with Crippen LogP contribution in [-0.2, 0) is 9.59 Å². The van der Waals surface area contributed by atoms with E-state index < -0.39 is 24.0 Å². The van der Waals surface area contributed by atoms with Crippen LogP contribution in [0.3, 0.4) is 0 Å². The molecule has 0 saturated carbocycles. The van der Waals surface area contributed by atoms with Gasteiger partial charge in [-0.05, 0) is 0 Å². The molecule has 2 saturated heterocycles. The summed E-state index contributed by atoms with van der Waals surface area (Å²) in [7, 11) is 2.92. The molecule has 0 aromatic heterocycles. The standard InChI is InChI=1S/2C5H8N2O3/c2*1-7-3(4(8)9)2-6-5(7)10/h2*3H,2H2,1H3,(H,6,10)(H,8,9)/t2*3-/m10/s1. The predicted molar refractivity (Wildman–Crippen MR) is 65.2 cm³/mol. The van der Waals surface area contributed by atoms with Crippen LogP contribution in [0.4, 0.5) is 9.59 Å². The van der Waals surface area contributed by atoms with Gasteiger partial charge in [0.05, 0.1) is 13.1 Å². The number of carbonyl (C=O) groups is 4. The topological polar surface area (TPSA) is 139 Å². The Balaban J connectivity index is 0.000000200. The number of aliphatic carboxylic acids is 2. The Hall–Kier alpha value is -2.52. The van der Waals surface area contributed by atoms with E-state index in [-0.39, 0.29) is 25.2 Å². The molecule has 10 nitrogen and oxygen atoms in total. The van der Waals surface area contributed by atoms with Gasteiger partial charge in [0.2, 0.25) is 0 Å². The first kappa shape index (κ1) is 15.5. The van der Waals surface area contributed by atoms with Crippen molar-refractivity contribution in [1.82, 2.24) is 20.4 Å². The molecule has 0 aromatic rings. The fourth-order valence-electron chi connectivity index (χ4n) is 1.68. The lowest BCUT2D eigenvalue weighted by Crippen LogP contribution is -2.36. The average Bonchev–Trinajstić information content (AvgIpc) is 2.86. The summed E-state index contributed by atoms with van der Waals surface area (Å²) in [6.07, 6.45) is 0. The predicted octanol–water partition coefficient (Wildman–Crippen LogP) is -1.81. The lowest BCUT2D eigenvalue weighted by Gasteiger charge is -2.11. The maximum absolute atomic E-state index is 10.6. The summed E-state index contributed by atoms with van der Waals surface area (Å²) in [5.41, 5.74) is 0. The first-order chi connectivity index (χ1) is 9.25. The van der Waals surface area contributed by atoms with Gasteiger partial charge in [-0.25, -0.2) is 19.2 Å². The highest BCUT2D eigenvalue weighted by molar-refractivity contribution is 5.86. The minimum atomic E-state index is -0.971. The zero-order valence-corrected chi connectivity index (χ0v) is 11.0. The van der Waals surface area contributed by atoms with Gasteiger partial charge in [-0.15, -0.1) is 0 Å². The molecule has 2 rings (SSSR count). The third-order valence-corrected chi connectivity index (χ3v) is 3.04. The van der Waals surface area contributed by atoms with Crippen LogP contribution in [0, 0.1) is 0 Å². The van der Waals surface area contributed by atoms with Gasteiger partial charge in [-0.1, -0.05) is 0 Å². The van der Waals surface area contributed by atoms with Crippen LogP contribution in [0.25, 0.3) is 0 Å². The van der Waals surface area contributed by atoms with Gasteiger partial charge in [0.25, 0.3) is 0 Å². The largest absolute Gasteiger partial charge is 0.480 e. The van der Waals surface area contributed by atoms with Crippen molar-refractivity contribution in [1.29, 1.82) is 0 Å². The van der Waals surface area contributed by atoms with E-state index in [4.69, 9.17) is 10.2 Å². The van der Waals surface area contributed by atoms with Crippen LogP contribution >= 0.6 is 0 Å². The molecule has 112 valence electrons. The normalized spacial score (nSPS) is 24.7. The molecule has 0 aromatic carbocycles. The van der Waals surface area contributed by atoms with Crippen molar-refractivity contribution in [3.63, 3.8) is 0 Å². The number of hydrogen-bond acceptors (Lipinski definition) is 4. The third kappa shape index (κ3) is 3.28. The van der Waals surface area contributed by atoms with Crippen LogP contribution < -0.4 is 10.6 Å². The molecule has 2 aliphatic heterocycles. The molecule has 4 amide bonds. The Kier molecular flexibility index (Phi) is 4.73. The van der Waals surface area contributed by atoms with E-state index in [2.05, 4.69) is 10.6 Å². The summed E-state index contributed by atoms with van der Waals surface area (Å²) in [6.45, 7) is 0.398. The smallest absolute Gasteiger partial charge is 0.328 e. The van der Waals surface area contributed by atoms with Crippen molar-refractivity contribution in [3.05, 3.63) is 0 Å². The molecule has 0 radical (unpaired) electrons. The molecule has 0 bridgehead atoms. The van der Waals surface area contributed by atoms with Crippen LogP contribution in [0.5, 0.6) is 0 Å². The quantitative estimate of drug-likeness (QED) is 0.472. The molecule has 0 spiro atoms. The summed E-state index contributed by atoms with van der Waals surface area (Å²) < 4.78 is 0. The Morgan fingerprint density at radius 3 is 1.35 bits per heavy atom. The number of hydrogen-bond donors (Lipinski definition) is 4. The first-order valence-corrected chi connectivity index (χ1v) is 5.72. The fourth-order valence-corrected chi connectivity index (χ4v) is 1.68. The molecule has 0 unspecified atom stereocenters. The number of urea groups is 2. The number of nitrogens with one attached hydrogen (secondary N) is 2. The maximum atomic E-state index is 10.6. The van der Waals surface area contributed by atoms with Crippen molar-refractivity contribution < 1.29 is 29.4 Å². The van der Waals surface area contributed by atoms with E-state index >= 15 is 0 Å². The van der Waals surface area contributed by atoms with Gasteiger partial charge in [0, 0.05) is 14.1 Å². The SMILES string of the molecule is CN1C(=O)NC[C@@H]1C(=O)O.CN1C(=O)NC[C@H]1C(=O)O. The third-order valence-electron chi connectivity index (χ3n) is 3.04. The molecular weight excluding hydrogens is 272 g/mol. The summed E-state index contributed by atoms with van der Waals surface area (Å²) in [5.74, 6) is -1.94. The van der Waals surface area contributed by atoms with Gasteiger partial charge >= 0.3 is 24.0 Å². The summed E-state index contributed by atoms with van der Waals surface area (Å²) in [6, 6.07) is -2.06. The summed E-state index contributed by atoms with van der Waals surface area (Å²) in [5, 5.41) is 21.7. The number of carboxylic acids is 2. The number of carbonyl (C=O) groups excluding carboxylic acids is 2. The molecule has 2 aliphatic rings. The summed E-state index contributed by atoms with van der Waals surface area (Å²) >= 11 is 0. The van der Waals surface area contributed by atoms with Crippen LogP contribution in [-0.4, -0.2) is 83.3 Å². The second-order valence-corrected chi connectivity index (χ2v) is 4.30. The fraction of sp³-hybridized carbons (Fsp3) is 0.600. The van der Waals surface area contributed by atoms with Crippen LogP contribution in [0.15, 0.2) is 0 Å². The summed E-state index contributed by atoms with van der Waals surface area (Å²) in [4.78, 5) is 44.3. The molecule has 20 heavy (non-hydrogen) atoms. The lowest BCUT2D eigenvalue weighted by molar-refractivity contribution is -0.141. The van der Waals surface area contributed by atoms with E-state index in [0.717, 1.165) is 0 Å². The van der Waals surface area contributed by atoms with E-state index in [1.54, 1.807) is 0 Å². The highest BCUT2D eigenvalue weighted by Crippen LogP contribution is 2.03. The zero-order chi connectivity index (χ0) is 15.4. The maximum Gasteiger partial charge on any atom is 0.328 e. The van der Waals surface area contributed by atoms with Gasteiger partial charge in [-0.3, -0.25) is 0 Å². The first-order valence-electron chi connectivity index (χ1n) is 5.72. The molecule has 10 heteroatoms. The molecule has 4 N–H and O–H groups in total. The van der Waals surface area contributed by atoms with Gasteiger partial charge in [0.1, 0.15) is 12.1 Å².